The Morgan fingerprint density at radius 2 is 1.13 bits per heavy atom. The smallest absolute Gasteiger partial charge is 0.245 e. The summed E-state index contributed by atoms with van der Waals surface area (Å²) >= 11 is 0. The van der Waals surface area contributed by atoms with Gasteiger partial charge in [0.15, 0.2) is 28.9 Å². The highest BCUT2D eigenvalue weighted by atomic mass is 16.5. The molecule has 89 heavy (non-hydrogen) atoms. The number of ether oxygens (including phenoxy) is 1. The molecule has 1 aliphatic rings. The summed E-state index contributed by atoms with van der Waals surface area (Å²) in [4.78, 5) is 177. The largest absolute Gasteiger partial charge is 0.392 e. The van der Waals surface area contributed by atoms with Crippen LogP contribution in [0.15, 0.2) is 12.2 Å². The summed E-state index contributed by atoms with van der Waals surface area (Å²) in [6.07, 6.45) is -0.156. The number of carbonyl (C=O) groups excluding carboxylic acids is 12. The van der Waals surface area contributed by atoms with Crippen molar-refractivity contribution in [1.29, 1.82) is 0 Å². The minimum Gasteiger partial charge on any atom is -0.392 e. The molecular formula is C67H115N7O15. The maximum absolute atomic E-state index is 14.9. The molecule has 0 aliphatic carbocycles. The van der Waals surface area contributed by atoms with Crippen LogP contribution in [0, 0.1) is 59.2 Å². The fourth-order valence-electron chi connectivity index (χ4n) is 11.9. The number of carbonyl (C=O) groups is 12. The van der Waals surface area contributed by atoms with Crippen LogP contribution in [0.3, 0.4) is 0 Å². The molecule has 508 valence electrons. The summed E-state index contributed by atoms with van der Waals surface area (Å²) < 4.78 is 6.08. The van der Waals surface area contributed by atoms with E-state index in [1.54, 1.807) is 61.5 Å². The Bertz CT molecular complexity index is 2420. The number of rotatable bonds is 19. The van der Waals surface area contributed by atoms with E-state index < -0.39 is 186 Å². The van der Waals surface area contributed by atoms with Crippen LogP contribution in [0.4, 0.5) is 0 Å². The number of aliphatic hydroxyl groups excluding tert-OH is 1. The SMILES string of the molecule is C/C=C/C[C@@H](C)[C@@H](O)[C@@H]1CC(=O)[C@H](C(C)C)N(C)C(=O)[C@H](CC(C)C)CC(=O)[C@H](CC(C)C)N(C)C(=O)[C@@H](C)NC(=O)[C@H](C)CC(=O)[C@H](CC(C)C)N(C)C(=O)[C@H](C(C)C)CC(=O)[C@H]([C@@H](C)OCCCC(=O)N(C)O)N(C)C(=O)CCC(=O)[C@H](CC)NC1=O. The van der Waals surface area contributed by atoms with Gasteiger partial charge in [0.1, 0.15) is 12.1 Å². The molecule has 1 aliphatic heterocycles. The predicted molar refractivity (Wildman–Crippen MR) is 340 cm³/mol. The lowest BCUT2D eigenvalue weighted by molar-refractivity contribution is -0.159. The summed E-state index contributed by atoms with van der Waals surface area (Å²) in [6.45, 7) is 28.0. The second-order valence-corrected chi connectivity index (χ2v) is 27.2. The van der Waals surface area contributed by atoms with Crippen LogP contribution in [0.1, 0.15) is 194 Å². The number of nitrogens with one attached hydrogen (secondary N) is 2. The van der Waals surface area contributed by atoms with E-state index in [9.17, 15) is 67.8 Å². The monoisotopic (exact) mass is 1260 g/mol. The summed E-state index contributed by atoms with van der Waals surface area (Å²) in [7, 11) is 6.96. The maximum atomic E-state index is 14.9. The highest BCUT2D eigenvalue weighted by Crippen LogP contribution is 2.30. The standard InChI is InChI=1S/C67H115N7O15/c1-22-24-26-43(13)62(82)49-37-56(78)60(42(11)12)73(20)66(86)47(31-38(3)4)35-55(77)52(33-40(7)8)70(17)65(85)45(15)68-63(83)44(14)34-54(76)51(32-39(5)6)71(18)67(87)48(41(9)10)36-57(79)61(46(16)89-30-25-27-59(81)74(21)88)72(19)58(80)29-28-53(75)50(23-2)69-64(49)84/h22,24,38-52,60-62,82,88H,23,25-37H2,1-21H3,(H,68,83)(H,69,84)/b24-22+/t43-,44-,45-,46-,47-,48+,49+,50+,51+,52+,60+,61+,62-/m1/s1. The van der Waals surface area contributed by atoms with E-state index in [0.29, 0.717) is 11.5 Å². The molecule has 1 rings (SSSR count). The number of Topliss-reactive ketones (excluding diaryl/α,β-unsaturated/α-hetero) is 5. The van der Waals surface area contributed by atoms with Crippen molar-refractivity contribution in [2.45, 2.75) is 243 Å². The zero-order valence-corrected chi connectivity index (χ0v) is 57.9. The zero-order chi connectivity index (χ0) is 68.6. The van der Waals surface area contributed by atoms with Gasteiger partial charge in [0.05, 0.1) is 42.3 Å². The van der Waals surface area contributed by atoms with Crippen molar-refractivity contribution < 1.29 is 72.6 Å². The Balaban J connectivity index is 4.24. The second-order valence-electron chi connectivity index (χ2n) is 27.2. The Kier molecular flexibility index (Phi) is 35.5. The van der Waals surface area contributed by atoms with Gasteiger partial charge in [-0.1, -0.05) is 102 Å². The first-order chi connectivity index (χ1) is 41.3. The van der Waals surface area contributed by atoms with Gasteiger partial charge in [-0.3, -0.25) is 62.7 Å². The molecule has 0 aromatic heterocycles. The third-order valence-electron chi connectivity index (χ3n) is 17.3. The minimum absolute atomic E-state index is 0.0552. The lowest BCUT2D eigenvalue weighted by Crippen LogP contribution is -2.53. The Morgan fingerprint density at radius 3 is 1.63 bits per heavy atom. The van der Waals surface area contributed by atoms with Crippen molar-refractivity contribution in [3.05, 3.63) is 12.2 Å². The molecule has 0 aromatic carbocycles. The number of ketones is 5. The maximum Gasteiger partial charge on any atom is 0.245 e. The molecule has 4 N–H and O–H groups in total. The molecule has 1 fully saturated rings. The molecule has 1 heterocycles. The molecule has 0 unspecified atom stereocenters. The number of allylic oxidation sites excluding steroid dienone is 2. The molecule has 13 atom stereocenters. The molecule has 7 amide bonds. The first kappa shape index (κ1) is 81.3. The highest BCUT2D eigenvalue weighted by molar-refractivity contribution is 5.99. The van der Waals surface area contributed by atoms with Crippen LogP contribution < -0.4 is 10.6 Å². The number of likely N-dealkylation sites (N-methyl/N-ethyl adjacent to an activating group) is 4. The van der Waals surface area contributed by atoms with Crippen molar-refractivity contribution in [2.24, 2.45) is 59.2 Å². The van der Waals surface area contributed by atoms with Gasteiger partial charge in [0.2, 0.25) is 41.4 Å². The van der Waals surface area contributed by atoms with E-state index in [2.05, 4.69) is 10.6 Å². The second kappa shape index (κ2) is 38.8. The Morgan fingerprint density at radius 1 is 0.618 bits per heavy atom. The van der Waals surface area contributed by atoms with Gasteiger partial charge in [-0.05, 0) is 94.8 Å². The van der Waals surface area contributed by atoms with Crippen LogP contribution in [0.5, 0.6) is 0 Å². The molecular weight excluding hydrogens is 1140 g/mol. The van der Waals surface area contributed by atoms with Crippen LogP contribution in [0.2, 0.25) is 0 Å². The molecule has 22 heteroatoms. The van der Waals surface area contributed by atoms with Crippen molar-refractivity contribution in [1.82, 2.24) is 35.3 Å². The quantitative estimate of drug-likeness (QED) is 0.0446. The average Bonchev–Trinajstić information content (AvgIpc) is 1.31. The van der Waals surface area contributed by atoms with Crippen LogP contribution in [0.25, 0.3) is 0 Å². The van der Waals surface area contributed by atoms with Crippen molar-refractivity contribution in [3.8, 4) is 0 Å². The highest BCUT2D eigenvalue weighted by Gasteiger charge is 2.43. The van der Waals surface area contributed by atoms with Gasteiger partial charge in [0.25, 0.3) is 0 Å². The number of hydrogen-bond donors (Lipinski definition) is 4. The van der Waals surface area contributed by atoms with Gasteiger partial charge in [0, 0.05) is 105 Å². The minimum atomic E-state index is -1.41. The zero-order valence-electron chi connectivity index (χ0n) is 57.9. The van der Waals surface area contributed by atoms with E-state index in [4.69, 9.17) is 4.74 Å². The Labute approximate surface area is 532 Å². The number of nitrogens with zero attached hydrogens (tertiary/aromatic N) is 5. The average molecular weight is 1260 g/mol. The fraction of sp³-hybridized carbons (Fsp3) is 0.791. The first-order valence-electron chi connectivity index (χ1n) is 32.4. The summed E-state index contributed by atoms with van der Waals surface area (Å²) in [6, 6.07) is -6.90. The fourth-order valence-corrected chi connectivity index (χ4v) is 11.9. The summed E-state index contributed by atoms with van der Waals surface area (Å²) in [5.41, 5.74) is 0. The molecule has 22 nitrogen and oxygen atoms in total. The lowest BCUT2D eigenvalue weighted by Gasteiger charge is -2.36. The van der Waals surface area contributed by atoms with Crippen LogP contribution >= 0.6 is 0 Å². The third-order valence-corrected chi connectivity index (χ3v) is 17.3. The van der Waals surface area contributed by atoms with E-state index in [0.717, 1.165) is 4.90 Å². The normalized spacial score (nSPS) is 26.5. The summed E-state index contributed by atoms with van der Waals surface area (Å²) in [5, 5.41) is 27.5. The van der Waals surface area contributed by atoms with Gasteiger partial charge < -0.3 is 40.1 Å². The molecule has 0 radical (unpaired) electrons. The van der Waals surface area contributed by atoms with E-state index in [1.165, 1.54) is 63.8 Å². The van der Waals surface area contributed by atoms with Gasteiger partial charge in [-0.15, -0.1) is 0 Å². The third kappa shape index (κ3) is 25.5. The first-order valence-corrected chi connectivity index (χ1v) is 32.4. The van der Waals surface area contributed by atoms with E-state index in [-0.39, 0.29) is 75.7 Å². The molecule has 0 spiro atoms. The van der Waals surface area contributed by atoms with Crippen LogP contribution in [-0.4, -0.2) is 196 Å². The number of hydrogen-bond acceptors (Lipinski definition) is 15. The van der Waals surface area contributed by atoms with Crippen molar-refractivity contribution in [3.63, 3.8) is 0 Å². The van der Waals surface area contributed by atoms with Crippen molar-refractivity contribution in [2.75, 3.05) is 41.8 Å². The van der Waals surface area contributed by atoms with E-state index >= 15 is 0 Å². The molecule has 0 saturated carbocycles. The van der Waals surface area contributed by atoms with Crippen molar-refractivity contribution >= 4 is 70.3 Å². The molecule has 0 bridgehead atoms. The molecule has 0 aromatic rings. The number of amides is 7. The van der Waals surface area contributed by atoms with Gasteiger partial charge >= 0.3 is 0 Å². The number of aliphatic hydroxyl groups is 1. The lowest BCUT2D eigenvalue weighted by atomic mass is 9.82. The van der Waals surface area contributed by atoms with Gasteiger partial charge in [-0.25, -0.2) is 5.06 Å². The topological polar surface area (TPSA) is 295 Å². The van der Waals surface area contributed by atoms with Crippen LogP contribution in [-0.2, 0) is 62.3 Å². The number of hydroxylamine groups is 2. The summed E-state index contributed by atoms with van der Waals surface area (Å²) in [5.74, 6) is -13.1. The molecule has 1 saturated heterocycles. The Hall–Kier alpha value is -5.74. The predicted octanol–water partition coefficient (Wildman–Crippen LogP) is 6.82. The van der Waals surface area contributed by atoms with E-state index in [1.807, 2.05) is 47.6 Å². The van der Waals surface area contributed by atoms with Gasteiger partial charge in [-0.2, -0.15) is 0 Å².